The van der Waals surface area contributed by atoms with Crippen molar-refractivity contribution in [3.05, 3.63) is 53.0 Å². The number of hydrogen-bond acceptors (Lipinski definition) is 7. The fourth-order valence-electron chi connectivity index (χ4n) is 1.48. The van der Waals surface area contributed by atoms with E-state index in [0.717, 1.165) is 36.8 Å². The van der Waals surface area contributed by atoms with Crippen LogP contribution in [-0.2, 0) is 14.6 Å². The van der Waals surface area contributed by atoms with Gasteiger partial charge < -0.3 is 13.8 Å². The quantitative estimate of drug-likeness (QED) is 0.429. The van der Waals surface area contributed by atoms with E-state index in [1.54, 1.807) is 0 Å². The average Bonchev–Trinajstić information content (AvgIpc) is 3.01. The molecule has 0 spiro atoms. The van der Waals surface area contributed by atoms with Crippen LogP contribution in [0, 0.1) is 10.1 Å². The van der Waals surface area contributed by atoms with Gasteiger partial charge in [-0.2, -0.15) is 4.72 Å². The molecular formula is C11H11N2O8PS. The van der Waals surface area contributed by atoms with E-state index in [2.05, 4.69) is 4.42 Å². The molecule has 1 atom stereocenters. The standard InChI is InChI=1S/C11H11N2O8PS/c14-13(15)9-1-3-10(4-2-9)21-22(16,17)8-12-23(18,19)11-5-6-20-7-11/h1-7,12H,8H2,(H,16,17). The highest BCUT2D eigenvalue weighted by molar-refractivity contribution is 7.89. The van der Waals surface area contributed by atoms with Gasteiger partial charge in [-0.3, -0.25) is 10.1 Å². The molecule has 23 heavy (non-hydrogen) atoms. The molecule has 2 aromatic rings. The number of furan rings is 1. The minimum Gasteiger partial charge on any atom is -0.471 e. The van der Waals surface area contributed by atoms with Gasteiger partial charge in [-0.05, 0) is 18.2 Å². The topological polar surface area (TPSA) is 149 Å². The van der Waals surface area contributed by atoms with Crippen molar-refractivity contribution in [3.8, 4) is 5.75 Å². The first-order valence-electron chi connectivity index (χ1n) is 5.97. The van der Waals surface area contributed by atoms with Crippen molar-refractivity contribution in [1.82, 2.24) is 4.72 Å². The van der Waals surface area contributed by atoms with Gasteiger partial charge in [0.05, 0.1) is 11.2 Å². The van der Waals surface area contributed by atoms with Crippen molar-refractivity contribution < 1.29 is 31.7 Å². The first kappa shape index (κ1) is 17.2. The van der Waals surface area contributed by atoms with Gasteiger partial charge in [0.15, 0.2) is 0 Å². The summed E-state index contributed by atoms with van der Waals surface area (Å²) >= 11 is 0. The third-order valence-electron chi connectivity index (χ3n) is 2.56. The molecule has 1 aromatic carbocycles. The molecule has 1 heterocycles. The second-order valence-corrected chi connectivity index (χ2v) is 7.79. The second-order valence-electron chi connectivity index (χ2n) is 4.24. The highest BCUT2D eigenvalue weighted by Gasteiger charge is 2.26. The smallest absolute Gasteiger partial charge is 0.391 e. The van der Waals surface area contributed by atoms with Gasteiger partial charge in [-0.15, -0.1) is 0 Å². The van der Waals surface area contributed by atoms with Crippen molar-refractivity contribution in [2.75, 3.05) is 6.29 Å². The van der Waals surface area contributed by atoms with E-state index in [4.69, 9.17) is 4.52 Å². The monoisotopic (exact) mass is 362 g/mol. The summed E-state index contributed by atoms with van der Waals surface area (Å²) in [6, 6.07) is 5.61. The van der Waals surface area contributed by atoms with Gasteiger partial charge in [-0.25, -0.2) is 13.0 Å². The Kier molecular flexibility index (Phi) is 4.85. The number of rotatable bonds is 7. The number of nitro groups is 1. The van der Waals surface area contributed by atoms with Crippen LogP contribution in [0.25, 0.3) is 0 Å². The SMILES string of the molecule is O=[N+]([O-])c1ccc(OP(=O)(O)CNS(=O)(=O)c2ccoc2)cc1. The number of nitrogens with one attached hydrogen (secondary N) is 1. The van der Waals surface area contributed by atoms with E-state index in [1.807, 2.05) is 4.72 Å². The van der Waals surface area contributed by atoms with Crippen LogP contribution in [0.2, 0.25) is 0 Å². The first-order valence-corrected chi connectivity index (χ1v) is 9.22. The van der Waals surface area contributed by atoms with E-state index in [1.165, 1.54) is 6.07 Å². The fraction of sp³-hybridized carbons (Fsp3) is 0.0909. The lowest BCUT2D eigenvalue weighted by Gasteiger charge is -2.13. The van der Waals surface area contributed by atoms with Gasteiger partial charge in [0.2, 0.25) is 10.0 Å². The van der Waals surface area contributed by atoms with Crippen molar-refractivity contribution in [2.24, 2.45) is 0 Å². The van der Waals surface area contributed by atoms with E-state index in [0.29, 0.717) is 0 Å². The van der Waals surface area contributed by atoms with Crippen LogP contribution < -0.4 is 9.25 Å². The zero-order chi connectivity index (χ0) is 17.1. The average molecular weight is 362 g/mol. The van der Waals surface area contributed by atoms with Crippen molar-refractivity contribution in [1.29, 1.82) is 0 Å². The fourth-order valence-corrected chi connectivity index (χ4v) is 3.91. The summed E-state index contributed by atoms with van der Waals surface area (Å²) in [6.07, 6.45) is 1.22. The third-order valence-corrected chi connectivity index (χ3v) is 5.20. The Morgan fingerprint density at radius 1 is 1.30 bits per heavy atom. The number of nitrogens with zero attached hydrogens (tertiary/aromatic N) is 1. The van der Waals surface area contributed by atoms with E-state index >= 15 is 0 Å². The Bertz CT molecular complexity index is 831. The van der Waals surface area contributed by atoms with Crippen molar-refractivity contribution in [3.63, 3.8) is 0 Å². The van der Waals surface area contributed by atoms with E-state index < -0.39 is 28.8 Å². The molecule has 0 bridgehead atoms. The van der Waals surface area contributed by atoms with Crippen LogP contribution in [-0.4, -0.2) is 24.5 Å². The molecule has 0 aliphatic carbocycles. The molecule has 1 aromatic heterocycles. The molecule has 0 aliphatic heterocycles. The summed E-state index contributed by atoms with van der Waals surface area (Å²) in [5.41, 5.74) is -0.217. The number of sulfonamides is 1. The molecule has 0 radical (unpaired) electrons. The lowest BCUT2D eigenvalue weighted by Crippen LogP contribution is -2.25. The van der Waals surface area contributed by atoms with Crippen LogP contribution in [0.1, 0.15) is 0 Å². The zero-order valence-corrected chi connectivity index (χ0v) is 13.1. The third kappa shape index (κ3) is 4.63. The Labute approximate surface area is 130 Å². The lowest BCUT2D eigenvalue weighted by molar-refractivity contribution is -0.384. The van der Waals surface area contributed by atoms with Gasteiger partial charge >= 0.3 is 7.60 Å². The number of non-ortho nitro benzene ring substituents is 1. The molecular weight excluding hydrogens is 351 g/mol. The Morgan fingerprint density at radius 3 is 2.48 bits per heavy atom. The molecule has 2 rings (SSSR count). The molecule has 0 saturated carbocycles. The Balaban J connectivity index is 2.02. The van der Waals surface area contributed by atoms with E-state index in [9.17, 15) is 28.0 Å². The zero-order valence-electron chi connectivity index (χ0n) is 11.4. The van der Waals surface area contributed by atoms with Gasteiger partial charge in [-0.1, -0.05) is 0 Å². The summed E-state index contributed by atoms with van der Waals surface area (Å²) in [5, 5.41) is 10.5. The van der Waals surface area contributed by atoms with Crippen LogP contribution in [0.3, 0.4) is 0 Å². The number of hydrogen-bond donors (Lipinski definition) is 2. The van der Waals surface area contributed by atoms with E-state index in [-0.39, 0.29) is 16.3 Å². The van der Waals surface area contributed by atoms with Crippen LogP contribution in [0.15, 0.2) is 52.2 Å². The van der Waals surface area contributed by atoms with Crippen LogP contribution >= 0.6 is 7.60 Å². The molecule has 0 saturated heterocycles. The van der Waals surface area contributed by atoms with Crippen LogP contribution in [0.4, 0.5) is 5.69 Å². The normalized spacial score (nSPS) is 14.1. The maximum Gasteiger partial charge on any atom is 0.391 e. The summed E-state index contributed by atoms with van der Waals surface area (Å²) in [4.78, 5) is 19.3. The lowest BCUT2D eigenvalue weighted by atomic mass is 10.3. The second kappa shape index (κ2) is 6.50. The number of nitro benzene ring substituents is 1. The minimum atomic E-state index is -4.34. The maximum atomic E-state index is 11.9. The summed E-state index contributed by atoms with van der Waals surface area (Å²) in [7, 11) is -8.35. The minimum absolute atomic E-state index is 0.107. The highest BCUT2D eigenvalue weighted by atomic mass is 32.2. The predicted molar refractivity (Wildman–Crippen MR) is 77.4 cm³/mol. The summed E-state index contributed by atoms with van der Waals surface area (Å²) in [5.74, 6) is -0.107. The van der Waals surface area contributed by atoms with Crippen molar-refractivity contribution in [2.45, 2.75) is 4.90 Å². The summed E-state index contributed by atoms with van der Waals surface area (Å²) < 4.78 is 46.8. The molecule has 2 N–H and O–H groups in total. The van der Waals surface area contributed by atoms with Gasteiger partial charge in [0.1, 0.15) is 23.2 Å². The Hall–Kier alpha value is -2.20. The summed E-state index contributed by atoms with van der Waals surface area (Å²) in [6.45, 7) is 0. The highest BCUT2D eigenvalue weighted by Crippen LogP contribution is 2.41. The Morgan fingerprint density at radius 2 is 1.96 bits per heavy atom. The molecule has 10 nitrogen and oxygen atoms in total. The predicted octanol–water partition coefficient (Wildman–Crippen LogP) is 1.69. The molecule has 0 fully saturated rings. The molecule has 0 amide bonds. The first-order chi connectivity index (χ1) is 10.7. The van der Waals surface area contributed by atoms with Crippen LogP contribution in [0.5, 0.6) is 5.75 Å². The molecule has 124 valence electrons. The van der Waals surface area contributed by atoms with Crippen molar-refractivity contribution >= 4 is 23.3 Å². The largest absolute Gasteiger partial charge is 0.471 e. The molecule has 1 unspecified atom stereocenters. The molecule has 0 aliphatic rings. The molecule has 12 heteroatoms. The van der Waals surface area contributed by atoms with Gasteiger partial charge in [0, 0.05) is 12.1 Å². The number of benzene rings is 1. The van der Waals surface area contributed by atoms with Gasteiger partial charge in [0.25, 0.3) is 5.69 Å². The maximum absolute atomic E-state index is 11.9.